The van der Waals surface area contributed by atoms with E-state index < -0.39 is 0 Å². The van der Waals surface area contributed by atoms with Crippen molar-refractivity contribution in [2.24, 2.45) is 0 Å². The van der Waals surface area contributed by atoms with E-state index in [0.29, 0.717) is 43.1 Å². The highest BCUT2D eigenvalue weighted by atomic mass is 16.5. The van der Waals surface area contributed by atoms with Crippen molar-refractivity contribution < 1.29 is 14.3 Å². The molecule has 2 amide bonds. The van der Waals surface area contributed by atoms with E-state index in [1.165, 1.54) is 0 Å². The summed E-state index contributed by atoms with van der Waals surface area (Å²) in [5.41, 5.74) is 2.01. The first kappa shape index (κ1) is 18.9. The van der Waals surface area contributed by atoms with Crippen LogP contribution < -0.4 is 10.9 Å². The van der Waals surface area contributed by atoms with Gasteiger partial charge in [0.25, 0.3) is 11.5 Å². The molecule has 1 saturated heterocycles. The highest BCUT2D eigenvalue weighted by Gasteiger charge is 2.18. The minimum Gasteiger partial charge on any atom is -0.378 e. The molecular formula is C22H21N3O4. The summed E-state index contributed by atoms with van der Waals surface area (Å²) in [5, 5.41) is 3.65. The average Bonchev–Trinajstić information content (AvgIpc) is 2.75. The van der Waals surface area contributed by atoms with Crippen LogP contribution in [0.2, 0.25) is 0 Å². The molecule has 2 heterocycles. The predicted octanol–water partition coefficient (Wildman–Crippen LogP) is 2.18. The first-order valence-electron chi connectivity index (χ1n) is 9.48. The lowest BCUT2D eigenvalue weighted by Gasteiger charge is -2.26. The number of aromatic nitrogens is 1. The van der Waals surface area contributed by atoms with Gasteiger partial charge in [0, 0.05) is 35.4 Å². The first-order chi connectivity index (χ1) is 14.1. The molecule has 0 atom stereocenters. The van der Waals surface area contributed by atoms with E-state index in [4.69, 9.17) is 4.74 Å². The lowest BCUT2D eigenvalue weighted by atomic mass is 10.1. The van der Waals surface area contributed by atoms with Crippen molar-refractivity contribution in [3.63, 3.8) is 0 Å². The van der Waals surface area contributed by atoms with Crippen LogP contribution in [0.3, 0.4) is 0 Å². The van der Waals surface area contributed by atoms with Gasteiger partial charge in [0.2, 0.25) is 5.91 Å². The molecule has 148 valence electrons. The minimum absolute atomic E-state index is 0.0331. The topological polar surface area (TPSA) is 91.5 Å². The van der Waals surface area contributed by atoms with Gasteiger partial charge in [-0.2, -0.15) is 0 Å². The molecule has 1 aliphatic heterocycles. The molecule has 1 aromatic heterocycles. The van der Waals surface area contributed by atoms with Crippen molar-refractivity contribution in [1.82, 2.24) is 9.88 Å². The number of amides is 2. The van der Waals surface area contributed by atoms with Gasteiger partial charge in [0.15, 0.2) is 0 Å². The fourth-order valence-electron chi connectivity index (χ4n) is 3.35. The number of hydrogen-bond acceptors (Lipinski definition) is 4. The molecule has 0 bridgehead atoms. The summed E-state index contributed by atoms with van der Waals surface area (Å²) < 4.78 is 5.26. The molecule has 1 aliphatic rings. The summed E-state index contributed by atoms with van der Waals surface area (Å²) in [6, 6.07) is 15.9. The van der Waals surface area contributed by atoms with E-state index in [2.05, 4.69) is 10.3 Å². The number of ether oxygens (including phenoxy) is 1. The van der Waals surface area contributed by atoms with Crippen molar-refractivity contribution in [2.75, 3.05) is 31.6 Å². The molecule has 0 aliphatic carbocycles. The number of carbonyl (C=O) groups excluding carboxylic acids is 2. The third-order valence-electron chi connectivity index (χ3n) is 4.90. The van der Waals surface area contributed by atoms with Gasteiger partial charge in [-0.3, -0.25) is 14.4 Å². The summed E-state index contributed by atoms with van der Waals surface area (Å²) in [7, 11) is 0. The molecule has 0 unspecified atom stereocenters. The summed E-state index contributed by atoms with van der Waals surface area (Å²) in [6.07, 6.45) is -0.0331. The fourth-order valence-corrected chi connectivity index (χ4v) is 3.35. The van der Waals surface area contributed by atoms with Crippen LogP contribution in [0.5, 0.6) is 0 Å². The van der Waals surface area contributed by atoms with Crippen LogP contribution in [-0.4, -0.2) is 48.0 Å². The second kappa shape index (κ2) is 8.28. The molecule has 0 saturated carbocycles. The van der Waals surface area contributed by atoms with Gasteiger partial charge in [0.05, 0.1) is 19.6 Å². The van der Waals surface area contributed by atoms with Crippen molar-refractivity contribution in [3.8, 4) is 0 Å². The molecule has 7 nitrogen and oxygen atoms in total. The number of rotatable bonds is 4. The van der Waals surface area contributed by atoms with Crippen LogP contribution in [0.25, 0.3) is 10.9 Å². The lowest BCUT2D eigenvalue weighted by Crippen LogP contribution is -2.40. The highest BCUT2D eigenvalue weighted by Crippen LogP contribution is 2.14. The number of para-hydroxylation sites is 1. The molecule has 0 radical (unpaired) electrons. The number of carbonyl (C=O) groups is 2. The summed E-state index contributed by atoms with van der Waals surface area (Å²) >= 11 is 0. The molecule has 1 fully saturated rings. The highest BCUT2D eigenvalue weighted by molar-refractivity contribution is 5.96. The van der Waals surface area contributed by atoms with Gasteiger partial charge >= 0.3 is 0 Å². The SMILES string of the molecule is O=C(Cc1cc2ccccc2[nH]c1=O)Nc1ccc(C(=O)N2CCOCC2)cc1. The smallest absolute Gasteiger partial charge is 0.254 e. The van der Waals surface area contributed by atoms with E-state index in [9.17, 15) is 14.4 Å². The summed E-state index contributed by atoms with van der Waals surface area (Å²) in [5.74, 6) is -0.341. The van der Waals surface area contributed by atoms with Crippen molar-refractivity contribution >= 4 is 28.4 Å². The normalized spacial score (nSPS) is 14.0. The van der Waals surface area contributed by atoms with Crippen molar-refractivity contribution in [2.45, 2.75) is 6.42 Å². The number of pyridine rings is 1. The third kappa shape index (κ3) is 4.35. The molecule has 2 aromatic carbocycles. The molecule has 2 N–H and O–H groups in total. The Kier molecular flexibility index (Phi) is 5.39. The molecule has 4 rings (SSSR count). The number of aromatic amines is 1. The van der Waals surface area contributed by atoms with Crippen molar-refractivity contribution in [3.05, 3.63) is 76.1 Å². The van der Waals surface area contributed by atoms with Crippen molar-refractivity contribution in [1.29, 1.82) is 0 Å². The second-order valence-corrected chi connectivity index (χ2v) is 6.92. The van der Waals surface area contributed by atoms with Gasteiger partial charge in [-0.25, -0.2) is 0 Å². The molecule has 7 heteroatoms. The zero-order chi connectivity index (χ0) is 20.2. The number of nitrogens with zero attached hydrogens (tertiary/aromatic N) is 1. The number of hydrogen-bond donors (Lipinski definition) is 2. The summed E-state index contributed by atoms with van der Waals surface area (Å²) in [4.78, 5) is 41.6. The maximum atomic E-state index is 12.5. The fraction of sp³-hybridized carbons (Fsp3) is 0.227. The third-order valence-corrected chi connectivity index (χ3v) is 4.90. The Labute approximate surface area is 167 Å². The lowest BCUT2D eigenvalue weighted by molar-refractivity contribution is -0.115. The zero-order valence-corrected chi connectivity index (χ0v) is 15.8. The van der Waals surface area contributed by atoms with Gasteiger partial charge in [-0.1, -0.05) is 18.2 Å². The van der Waals surface area contributed by atoms with Crippen LogP contribution in [0.4, 0.5) is 5.69 Å². The van der Waals surface area contributed by atoms with E-state index in [1.807, 2.05) is 24.3 Å². The number of morpholine rings is 1. The maximum absolute atomic E-state index is 12.5. The zero-order valence-electron chi connectivity index (χ0n) is 15.8. The second-order valence-electron chi connectivity index (χ2n) is 6.92. The summed E-state index contributed by atoms with van der Waals surface area (Å²) in [6.45, 7) is 2.26. The quantitative estimate of drug-likeness (QED) is 0.713. The van der Waals surface area contributed by atoms with Crippen LogP contribution in [0.15, 0.2) is 59.4 Å². The van der Waals surface area contributed by atoms with Gasteiger partial charge in [-0.15, -0.1) is 0 Å². The van der Waals surface area contributed by atoms with E-state index in [-0.39, 0.29) is 23.8 Å². The molecule has 0 spiro atoms. The standard InChI is InChI=1S/C22H21N3O4/c26-20(14-17-13-16-3-1-2-4-19(16)24-21(17)27)23-18-7-5-15(6-8-18)22(28)25-9-11-29-12-10-25/h1-8,13H,9-12,14H2,(H,23,26)(H,24,27). The Bertz CT molecular complexity index is 1100. The Balaban J connectivity index is 1.41. The number of nitrogens with one attached hydrogen (secondary N) is 2. The Morgan fingerprint density at radius 3 is 2.52 bits per heavy atom. The number of fused-ring (bicyclic) bond motifs is 1. The van der Waals surface area contributed by atoms with E-state index in [0.717, 1.165) is 10.9 Å². The number of benzene rings is 2. The molecule has 29 heavy (non-hydrogen) atoms. The van der Waals surface area contributed by atoms with E-state index in [1.54, 1.807) is 35.2 Å². The van der Waals surface area contributed by atoms with Crippen LogP contribution in [0, 0.1) is 0 Å². The average molecular weight is 391 g/mol. The predicted molar refractivity (Wildman–Crippen MR) is 110 cm³/mol. The monoisotopic (exact) mass is 391 g/mol. The van der Waals surface area contributed by atoms with Crippen LogP contribution in [-0.2, 0) is 16.0 Å². The van der Waals surface area contributed by atoms with Crippen LogP contribution in [0.1, 0.15) is 15.9 Å². The van der Waals surface area contributed by atoms with E-state index >= 15 is 0 Å². The maximum Gasteiger partial charge on any atom is 0.254 e. The number of anilines is 1. The Hall–Kier alpha value is -3.45. The molecule has 3 aromatic rings. The number of H-pyrrole nitrogens is 1. The van der Waals surface area contributed by atoms with Crippen LogP contribution >= 0.6 is 0 Å². The Morgan fingerprint density at radius 2 is 1.76 bits per heavy atom. The minimum atomic E-state index is -0.293. The van der Waals surface area contributed by atoms with Gasteiger partial charge in [0.1, 0.15) is 0 Å². The largest absolute Gasteiger partial charge is 0.378 e. The Morgan fingerprint density at radius 1 is 1.03 bits per heavy atom. The van der Waals surface area contributed by atoms with Gasteiger partial charge < -0.3 is 19.9 Å². The first-order valence-corrected chi connectivity index (χ1v) is 9.48. The molecular weight excluding hydrogens is 370 g/mol. The van der Waals surface area contributed by atoms with Gasteiger partial charge in [-0.05, 0) is 41.8 Å².